The summed E-state index contributed by atoms with van der Waals surface area (Å²) in [6.07, 6.45) is 5.32. The van der Waals surface area contributed by atoms with Crippen LogP contribution in [0.25, 0.3) is 0 Å². The monoisotopic (exact) mass is 228 g/mol. The van der Waals surface area contributed by atoms with Crippen LogP contribution in [-0.4, -0.2) is 29.8 Å². The highest BCUT2D eigenvalue weighted by atomic mass is 16.3. The van der Waals surface area contributed by atoms with Crippen molar-refractivity contribution in [3.8, 4) is 0 Å². The number of nitrogens with one attached hydrogen (secondary N) is 1. The van der Waals surface area contributed by atoms with E-state index in [2.05, 4.69) is 19.2 Å². The molecule has 0 aromatic heterocycles. The zero-order valence-electron chi connectivity index (χ0n) is 11.0. The van der Waals surface area contributed by atoms with Gasteiger partial charge in [-0.1, -0.05) is 26.7 Å². The van der Waals surface area contributed by atoms with Crippen LogP contribution in [0.1, 0.15) is 52.9 Å². The molecule has 0 spiro atoms. The molecule has 96 valence electrons. The molecule has 0 heterocycles. The van der Waals surface area contributed by atoms with Crippen LogP contribution in [0.3, 0.4) is 0 Å². The highest BCUT2D eigenvalue weighted by Crippen LogP contribution is 2.39. The summed E-state index contributed by atoms with van der Waals surface area (Å²) in [6, 6.07) is 0.724. The Balaban J connectivity index is 2.65. The third-order valence-electron chi connectivity index (χ3n) is 3.79. The fraction of sp³-hybridized carbons (Fsp3) is 1.00. The van der Waals surface area contributed by atoms with E-state index in [0.29, 0.717) is 6.04 Å². The van der Waals surface area contributed by atoms with Crippen molar-refractivity contribution in [3.63, 3.8) is 0 Å². The van der Waals surface area contributed by atoms with Crippen molar-refractivity contribution in [1.82, 2.24) is 5.32 Å². The van der Waals surface area contributed by atoms with Gasteiger partial charge in [0.25, 0.3) is 0 Å². The average Bonchev–Trinajstić information content (AvgIpc) is 2.18. The smallest absolute Gasteiger partial charge is 0.0518 e. The zero-order chi connectivity index (χ0) is 12.2. The Morgan fingerprint density at radius 2 is 2.06 bits per heavy atom. The van der Waals surface area contributed by atoms with Crippen LogP contribution in [0, 0.1) is 5.41 Å². The average molecular weight is 228 g/mol. The second kappa shape index (κ2) is 5.99. The van der Waals surface area contributed by atoms with Crippen LogP contribution >= 0.6 is 0 Å². The van der Waals surface area contributed by atoms with E-state index in [1.165, 1.54) is 12.8 Å². The van der Waals surface area contributed by atoms with Crippen LogP contribution in [0.2, 0.25) is 0 Å². The molecule has 3 heteroatoms. The molecule has 1 unspecified atom stereocenters. The first-order chi connectivity index (χ1) is 7.46. The summed E-state index contributed by atoms with van der Waals surface area (Å²) < 4.78 is 0. The summed E-state index contributed by atoms with van der Waals surface area (Å²) >= 11 is 0. The summed E-state index contributed by atoms with van der Waals surface area (Å²) in [4.78, 5) is 0. The molecular formula is C13H28N2O. The molecule has 0 amide bonds. The number of nitrogens with two attached hydrogens (primary N) is 1. The fourth-order valence-corrected chi connectivity index (χ4v) is 2.87. The SMILES string of the molecule is CC(C)NC[C@@]1(C[C@H](C)O)CCCCC1N. The van der Waals surface area contributed by atoms with E-state index in [4.69, 9.17) is 5.73 Å². The van der Waals surface area contributed by atoms with Crippen molar-refractivity contribution in [2.75, 3.05) is 6.54 Å². The second-order valence-electron chi connectivity index (χ2n) is 5.80. The number of aliphatic hydroxyl groups is 1. The molecule has 3 atom stereocenters. The van der Waals surface area contributed by atoms with Gasteiger partial charge in [-0.25, -0.2) is 0 Å². The lowest BCUT2D eigenvalue weighted by Crippen LogP contribution is -2.52. The first-order valence-electron chi connectivity index (χ1n) is 6.63. The Morgan fingerprint density at radius 3 is 2.56 bits per heavy atom. The third-order valence-corrected chi connectivity index (χ3v) is 3.79. The van der Waals surface area contributed by atoms with E-state index in [-0.39, 0.29) is 17.6 Å². The molecule has 0 aromatic carbocycles. The molecule has 0 saturated heterocycles. The summed E-state index contributed by atoms with van der Waals surface area (Å²) in [5.41, 5.74) is 6.41. The normalized spacial score (nSPS) is 33.0. The Kier molecular flexibility index (Phi) is 5.22. The van der Waals surface area contributed by atoms with Crippen molar-refractivity contribution < 1.29 is 5.11 Å². The van der Waals surface area contributed by atoms with Gasteiger partial charge in [0.2, 0.25) is 0 Å². The molecule has 3 nitrogen and oxygen atoms in total. The van der Waals surface area contributed by atoms with Gasteiger partial charge in [0, 0.05) is 24.0 Å². The largest absolute Gasteiger partial charge is 0.393 e. The minimum atomic E-state index is -0.252. The predicted octanol–water partition coefficient (Wildman–Crippen LogP) is 1.64. The molecule has 0 bridgehead atoms. The van der Waals surface area contributed by atoms with Gasteiger partial charge in [0.1, 0.15) is 0 Å². The van der Waals surface area contributed by atoms with Crippen molar-refractivity contribution in [1.29, 1.82) is 0 Å². The second-order valence-corrected chi connectivity index (χ2v) is 5.80. The maximum absolute atomic E-state index is 9.67. The molecular weight excluding hydrogens is 200 g/mol. The molecule has 1 aliphatic carbocycles. The van der Waals surface area contributed by atoms with Gasteiger partial charge in [0.15, 0.2) is 0 Å². The molecule has 0 aliphatic heterocycles. The number of rotatable bonds is 5. The van der Waals surface area contributed by atoms with Crippen LogP contribution in [0.4, 0.5) is 0 Å². The predicted molar refractivity (Wildman–Crippen MR) is 68.3 cm³/mol. The zero-order valence-corrected chi connectivity index (χ0v) is 11.0. The topological polar surface area (TPSA) is 58.3 Å². The van der Waals surface area contributed by atoms with Gasteiger partial charge in [-0.15, -0.1) is 0 Å². The summed E-state index contributed by atoms with van der Waals surface area (Å²) in [5, 5.41) is 13.2. The molecule has 0 aromatic rings. The molecule has 1 aliphatic rings. The first kappa shape index (κ1) is 13.9. The Hall–Kier alpha value is -0.120. The van der Waals surface area contributed by atoms with Crippen LogP contribution in [0.5, 0.6) is 0 Å². The van der Waals surface area contributed by atoms with Gasteiger partial charge in [0.05, 0.1) is 6.10 Å². The lowest BCUT2D eigenvalue weighted by atomic mass is 9.67. The van der Waals surface area contributed by atoms with E-state index >= 15 is 0 Å². The summed E-state index contributed by atoms with van der Waals surface area (Å²) in [7, 11) is 0. The van der Waals surface area contributed by atoms with Crippen molar-refractivity contribution >= 4 is 0 Å². The van der Waals surface area contributed by atoms with E-state index in [0.717, 1.165) is 25.8 Å². The number of hydrogen-bond donors (Lipinski definition) is 3. The minimum absolute atomic E-state index is 0.108. The Morgan fingerprint density at radius 1 is 1.38 bits per heavy atom. The van der Waals surface area contributed by atoms with Gasteiger partial charge in [-0.05, 0) is 26.2 Å². The third kappa shape index (κ3) is 3.72. The quantitative estimate of drug-likeness (QED) is 0.670. The van der Waals surface area contributed by atoms with Crippen LogP contribution < -0.4 is 11.1 Å². The lowest BCUT2D eigenvalue weighted by molar-refractivity contribution is 0.0609. The van der Waals surface area contributed by atoms with E-state index < -0.39 is 0 Å². The fourth-order valence-electron chi connectivity index (χ4n) is 2.87. The molecule has 1 rings (SSSR count). The molecule has 0 radical (unpaired) electrons. The molecule has 1 saturated carbocycles. The highest BCUT2D eigenvalue weighted by molar-refractivity contribution is 4.95. The highest BCUT2D eigenvalue weighted by Gasteiger charge is 2.39. The van der Waals surface area contributed by atoms with E-state index in [9.17, 15) is 5.11 Å². The molecule has 16 heavy (non-hydrogen) atoms. The van der Waals surface area contributed by atoms with Crippen molar-refractivity contribution in [2.24, 2.45) is 11.1 Å². The standard InChI is InChI=1S/C13H28N2O/c1-10(2)15-9-13(8-11(3)16)7-5-4-6-12(13)14/h10-12,15-16H,4-9,14H2,1-3H3/t11-,12?,13-/m0/s1. The Bertz CT molecular complexity index is 206. The minimum Gasteiger partial charge on any atom is -0.393 e. The summed E-state index contributed by atoms with van der Waals surface area (Å²) in [6.45, 7) is 7.13. The molecule has 4 N–H and O–H groups in total. The van der Waals surface area contributed by atoms with E-state index in [1.807, 2.05) is 6.92 Å². The van der Waals surface area contributed by atoms with Crippen molar-refractivity contribution in [2.45, 2.75) is 71.1 Å². The Labute approximate surface area is 99.8 Å². The van der Waals surface area contributed by atoms with Crippen LogP contribution in [0.15, 0.2) is 0 Å². The van der Waals surface area contributed by atoms with Crippen molar-refractivity contribution in [3.05, 3.63) is 0 Å². The first-order valence-corrected chi connectivity index (χ1v) is 6.63. The van der Waals surface area contributed by atoms with E-state index in [1.54, 1.807) is 0 Å². The van der Waals surface area contributed by atoms with Gasteiger partial charge in [-0.2, -0.15) is 0 Å². The van der Waals surface area contributed by atoms with Gasteiger partial charge < -0.3 is 16.2 Å². The van der Waals surface area contributed by atoms with Gasteiger partial charge in [-0.3, -0.25) is 0 Å². The molecule has 1 fully saturated rings. The lowest BCUT2D eigenvalue weighted by Gasteiger charge is -2.44. The summed E-state index contributed by atoms with van der Waals surface area (Å²) in [5.74, 6) is 0. The number of aliphatic hydroxyl groups excluding tert-OH is 1. The van der Waals surface area contributed by atoms with Gasteiger partial charge >= 0.3 is 0 Å². The van der Waals surface area contributed by atoms with Crippen LogP contribution in [-0.2, 0) is 0 Å². The number of hydrogen-bond acceptors (Lipinski definition) is 3. The maximum atomic E-state index is 9.67. The maximum Gasteiger partial charge on any atom is 0.0518 e.